The van der Waals surface area contributed by atoms with Gasteiger partial charge in [-0.1, -0.05) is 0 Å². The molecule has 2 aliphatic heterocycles. The largest absolute Gasteiger partial charge is 0.341 e. The molecule has 1 fully saturated rings. The zero-order valence-electron chi connectivity index (χ0n) is 17.8. The van der Waals surface area contributed by atoms with E-state index in [2.05, 4.69) is 30.5 Å². The van der Waals surface area contributed by atoms with E-state index < -0.39 is 17.7 Å². The lowest BCUT2D eigenvalue weighted by Crippen LogP contribution is -2.52. The molecule has 0 unspecified atom stereocenters. The maximum atomic E-state index is 14.2. The average molecular weight is 464 g/mol. The molecule has 4 heterocycles. The number of nitrogens with one attached hydrogen (secondary N) is 1. The van der Waals surface area contributed by atoms with Crippen LogP contribution < -0.4 is 4.90 Å². The Morgan fingerprint density at radius 3 is 2.71 bits per heavy atom. The van der Waals surface area contributed by atoms with E-state index in [4.69, 9.17) is 5.26 Å². The second kappa shape index (κ2) is 8.81. The number of H-pyrrole nitrogens is 1. The van der Waals surface area contributed by atoms with Gasteiger partial charge in [0.2, 0.25) is 5.95 Å². The fourth-order valence-corrected chi connectivity index (χ4v) is 3.99. The number of piperazine rings is 1. The molecule has 0 bridgehead atoms. The van der Waals surface area contributed by atoms with Gasteiger partial charge in [0.05, 0.1) is 30.1 Å². The van der Waals surface area contributed by atoms with Gasteiger partial charge in [-0.15, -0.1) is 0 Å². The number of rotatable bonds is 3. The van der Waals surface area contributed by atoms with Crippen molar-refractivity contribution in [2.24, 2.45) is 5.10 Å². The lowest BCUT2D eigenvalue weighted by Gasteiger charge is -2.37. The number of urea groups is 1. The number of aromatic amines is 1. The summed E-state index contributed by atoms with van der Waals surface area (Å²) in [6.07, 6.45) is 4.49. The van der Waals surface area contributed by atoms with Crippen LogP contribution in [0.1, 0.15) is 23.6 Å². The molecule has 1 atom stereocenters. The van der Waals surface area contributed by atoms with Crippen molar-refractivity contribution >= 4 is 18.2 Å². The third kappa shape index (κ3) is 4.01. The topological polar surface area (TPSA) is 130 Å². The molecular formula is C21H18F2N10O. The van der Waals surface area contributed by atoms with Gasteiger partial charge in [0, 0.05) is 38.8 Å². The third-order valence-corrected chi connectivity index (χ3v) is 5.68. The van der Waals surface area contributed by atoms with Crippen LogP contribution in [-0.2, 0) is 0 Å². The number of amides is 2. The molecule has 1 N–H and O–H groups in total. The standard InChI is InChI=1S/C21H18F2N10O/c22-15-8-13(10-24)7-14(9-15)18-1-2-27-33(18)21(34)32-5-3-31(4-6-32)20-25-11-16(23)19(28-20)17-12-26-30-29-17/h2,7-9,11-12,18H,1,3-6H2,(H,26,29,30)/t18-/m0/s1. The molecule has 172 valence electrons. The summed E-state index contributed by atoms with van der Waals surface area (Å²) >= 11 is 0. The van der Waals surface area contributed by atoms with Crippen molar-refractivity contribution in [3.63, 3.8) is 0 Å². The number of carbonyl (C=O) groups is 1. The average Bonchev–Trinajstić information content (AvgIpc) is 3.56. The fourth-order valence-electron chi connectivity index (χ4n) is 3.99. The molecule has 5 rings (SSSR count). The highest BCUT2D eigenvalue weighted by Crippen LogP contribution is 2.31. The molecule has 34 heavy (non-hydrogen) atoms. The number of hydrogen-bond donors (Lipinski definition) is 1. The third-order valence-electron chi connectivity index (χ3n) is 5.68. The second-order valence-electron chi connectivity index (χ2n) is 7.76. The maximum absolute atomic E-state index is 14.2. The van der Waals surface area contributed by atoms with Gasteiger partial charge in [-0.3, -0.25) is 0 Å². The zero-order valence-corrected chi connectivity index (χ0v) is 17.8. The lowest BCUT2D eigenvalue weighted by molar-refractivity contribution is 0.139. The first kappa shape index (κ1) is 21.4. The number of nitrogens with zero attached hydrogens (tertiary/aromatic N) is 9. The van der Waals surface area contributed by atoms with Crippen molar-refractivity contribution in [1.82, 2.24) is 35.3 Å². The van der Waals surface area contributed by atoms with Gasteiger partial charge in [0.1, 0.15) is 17.2 Å². The van der Waals surface area contributed by atoms with Crippen molar-refractivity contribution in [2.75, 3.05) is 31.1 Å². The van der Waals surface area contributed by atoms with Gasteiger partial charge in [-0.2, -0.15) is 25.8 Å². The van der Waals surface area contributed by atoms with E-state index >= 15 is 0 Å². The van der Waals surface area contributed by atoms with E-state index in [0.717, 1.165) is 12.3 Å². The molecule has 2 amide bonds. The maximum Gasteiger partial charge on any atom is 0.341 e. The first-order valence-corrected chi connectivity index (χ1v) is 10.5. The van der Waals surface area contributed by atoms with Crippen LogP contribution in [0.15, 0.2) is 35.7 Å². The number of hydrazone groups is 1. The lowest BCUT2D eigenvalue weighted by atomic mass is 10.0. The Morgan fingerprint density at radius 2 is 1.97 bits per heavy atom. The smallest absolute Gasteiger partial charge is 0.337 e. The van der Waals surface area contributed by atoms with Crippen LogP contribution in [0.25, 0.3) is 11.4 Å². The van der Waals surface area contributed by atoms with Crippen LogP contribution in [0.5, 0.6) is 0 Å². The zero-order chi connectivity index (χ0) is 23.7. The number of hydrogen-bond acceptors (Lipinski definition) is 8. The van der Waals surface area contributed by atoms with Crippen molar-refractivity contribution in [2.45, 2.75) is 12.5 Å². The minimum Gasteiger partial charge on any atom is -0.337 e. The van der Waals surface area contributed by atoms with Gasteiger partial charge < -0.3 is 9.80 Å². The van der Waals surface area contributed by atoms with Crippen LogP contribution in [0.3, 0.4) is 0 Å². The van der Waals surface area contributed by atoms with E-state index in [1.165, 1.54) is 17.3 Å². The summed E-state index contributed by atoms with van der Waals surface area (Å²) < 4.78 is 28.1. The van der Waals surface area contributed by atoms with Gasteiger partial charge in [-0.05, 0) is 23.8 Å². The van der Waals surface area contributed by atoms with E-state index in [-0.39, 0.29) is 23.0 Å². The summed E-state index contributed by atoms with van der Waals surface area (Å²) in [5, 5.41) is 24.6. The number of halogens is 2. The molecule has 1 aromatic carbocycles. The fraction of sp³-hybridized carbons (Fsp3) is 0.286. The molecule has 0 spiro atoms. The summed E-state index contributed by atoms with van der Waals surface area (Å²) in [5.74, 6) is -0.820. The first-order valence-electron chi connectivity index (χ1n) is 10.5. The second-order valence-corrected chi connectivity index (χ2v) is 7.76. The quantitative estimate of drug-likeness (QED) is 0.628. The molecular weight excluding hydrogens is 446 g/mol. The molecule has 1 saturated heterocycles. The number of aromatic nitrogens is 5. The summed E-state index contributed by atoms with van der Waals surface area (Å²) in [4.78, 5) is 25.0. The predicted octanol–water partition coefficient (Wildman–Crippen LogP) is 2.09. The Morgan fingerprint density at radius 1 is 1.15 bits per heavy atom. The molecule has 2 aromatic heterocycles. The highest BCUT2D eigenvalue weighted by Gasteiger charge is 2.34. The minimum atomic E-state index is -0.610. The van der Waals surface area contributed by atoms with Crippen molar-refractivity contribution in [1.29, 1.82) is 5.26 Å². The van der Waals surface area contributed by atoms with Crippen LogP contribution in [-0.4, -0.2) is 73.7 Å². The summed E-state index contributed by atoms with van der Waals surface area (Å²) in [5.41, 5.74) is 1.01. The van der Waals surface area contributed by atoms with E-state index in [0.29, 0.717) is 44.1 Å². The van der Waals surface area contributed by atoms with E-state index in [1.54, 1.807) is 17.2 Å². The molecule has 0 aliphatic carbocycles. The molecule has 3 aromatic rings. The van der Waals surface area contributed by atoms with Crippen LogP contribution in [0.2, 0.25) is 0 Å². The first-order chi connectivity index (χ1) is 16.5. The highest BCUT2D eigenvalue weighted by atomic mass is 19.1. The number of benzene rings is 1. The predicted molar refractivity (Wildman–Crippen MR) is 115 cm³/mol. The minimum absolute atomic E-state index is 0.0401. The molecule has 11 nitrogen and oxygen atoms in total. The number of anilines is 1. The van der Waals surface area contributed by atoms with Crippen LogP contribution in [0, 0.1) is 23.0 Å². The van der Waals surface area contributed by atoms with Gasteiger partial charge in [0.15, 0.2) is 5.82 Å². The molecule has 0 saturated carbocycles. The van der Waals surface area contributed by atoms with Gasteiger partial charge >= 0.3 is 6.03 Å². The van der Waals surface area contributed by atoms with Crippen LogP contribution >= 0.6 is 0 Å². The SMILES string of the molecule is N#Cc1cc(F)cc([C@@H]2CC=NN2C(=O)N2CCN(c3ncc(F)c(-c4cn[nH]n4)n3)CC2)c1. The van der Waals surface area contributed by atoms with Gasteiger partial charge in [0.25, 0.3) is 0 Å². The molecule has 0 radical (unpaired) electrons. The number of carbonyl (C=O) groups excluding carboxylic acids is 1. The number of nitriles is 1. The summed E-state index contributed by atoms with van der Waals surface area (Å²) in [7, 11) is 0. The van der Waals surface area contributed by atoms with Crippen molar-refractivity contribution in [3.8, 4) is 17.5 Å². The van der Waals surface area contributed by atoms with Gasteiger partial charge in [-0.25, -0.2) is 28.6 Å². The highest BCUT2D eigenvalue weighted by molar-refractivity contribution is 5.79. The Kier molecular flexibility index (Phi) is 5.54. The monoisotopic (exact) mass is 464 g/mol. The summed E-state index contributed by atoms with van der Waals surface area (Å²) in [6.45, 7) is 1.58. The van der Waals surface area contributed by atoms with Crippen molar-refractivity contribution in [3.05, 3.63) is 53.4 Å². The normalized spacial score (nSPS) is 17.8. The summed E-state index contributed by atoms with van der Waals surface area (Å²) in [6, 6.07) is 5.16. The Balaban J connectivity index is 1.27. The van der Waals surface area contributed by atoms with E-state index in [1.807, 2.05) is 11.0 Å². The Bertz CT molecular complexity index is 1280. The molecule has 13 heteroatoms. The Hall–Kier alpha value is -4.47. The van der Waals surface area contributed by atoms with Crippen molar-refractivity contribution < 1.29 is 13.6 Å². The Labute approximate surface area is 192 Å². The van der Waals surface area contributed by atoms with E-state index in [9.17, 15) is 13.6 Å². The molecule has 2 aliphatic rings. The van der Waals surface area contributed by atoms with Crippen LogP contribution in [0.4, 0.5) is 19.5 Å².